The number of nitrogens with two attached hydrogens (primary N) is 1. The average molecular weight is 272 g/mol. The van der Waals surface area contributed by atoms with Gasteiger partial charge >= 0.3 is 6.03 Å². The molecule has 0 saturated heterocycles. The van der Waals surface area contributed by atoms with E-state index in [1.165, 1.54) is 0 Å². The molecule has 0 unspecified atom stereocenters. The summed E-state index contributed by atoms with van der Waals surface area (Å²) in [4.78, 5) is 21.6. The minimum Gasteiger partial charge on any atom is -0.483 e. The monoisotopic (exact) mass is 271 g/mol. The fraction of sp³-hybridized carbons (Fsp3) is 0.273. The third kappa shape index (κ3) is 4.23. The second kappa shape index (κ2) is 6.83. The summed E-state index contributed by atoms with van der Waals surface area (Å²) in [5.74, 6) is -0.130. The summed E-state index contributed by atoms with van der Waals surface area (Å²) in [6.07, 6.45) is 0. The predicted octanol–water partition coefficient (Wildman–Crippen LogP) is 0.633. The zero-order chi connectivity index (χ0) is 13.5. The van der Waals surface area contributed by atoms with Crippen molar-refractivity contribution in [3.63, 3.8) is 0 Å². The van der Waals surface area contributed by atoms with E-state index in [2.05, 4.69) is 5.32 Å². The molecule has 7 heteroatoms. The Morgan fingerprint density at radius 3 is 2.78 bits per heavy atom. The van der Waals surface area contributed by atoms with Crippen LogP contribution in [0.4, 0.5) is 4.79 Å². The molecule has 0 saturated carbocycles. The first-order valence-corrected chi connectivity index (χ1v) is 5.56. The Bertz CT molecular complexity index is 451. The molecule has 0 spiro atoms. The molecule has 1 rings (SSSR count). The average Bonchev–Trinajstić information content (AvgIpc) is 2.29. The molecular weight excluding hydrogens is 258 g/mol. The van der Waals surface area contributed by atoms with Crippen molar-refractivity contribution in [2.45, 2.75) is 6.54 Å². The Labute approximate surface area is 109 Å². The number of halogens is 1. The molecule has 18 heavy (non-hydrogen) atoms. The van der Waals surface area contributed by atoms with Crippen LogP contribution in [0.5, 0.6) is 5.75 Å². The van der Waals surface area contributed by atoms with Gasteiger partial charge in [0.15, 0.2) is 6.61 Å². The summed E-state index contributed by atoms with van der Waals surface area (Å²) in [5.41, 5.74) is 5.55. The van der Waals surface area contributed by atoms with Crippen LogP contribution in [0.1, 0.15) is 5.56 Å². The maximum Gasteiger partial charge on any atom is 0.318 e. The number of primary amides is 1. The van der Waals surface area contributed by atoms with E-state index in [0.717, 1.165) is 5.56 Å². The lowest BCUT2D eigenvalue weighted by molar-refractivity contribution is -0.121. The van der Waals surface area contributed by atoms with Gasteiger partial charge in [0, 0.05) is 17.1 Å². The van der Waals surface area contributed by atoms with E-state index in [-0.39, 0.29) is 6.61 Å². The topological polar surface area (TPSA) is 93.4 Å². The largest absolute Gasteiger partial charge is 0.483 e. The number of hydrogen-bond acceptors (Lipinski definition) is 4. The highest BCUT2D eigenvalue weighted by atomic mass is 35.5. The third-order valence-electron chi connectivity index (χ3n) is 2.05. The van der Waals surface area contributed by atoms with Crippen molar-refractivity contribution < 1.29 is 14.3 Å². The summed E-state index contributed by atoms with van der Waals surface area (Å²) in [5, 5.41) is 5.39. The van der Waals surface area contributed by atoms with Gasteiger partial charge < -0.3 is 15.8 Å². The number of ether oxygens (including phenoxy) is 1. The summed E-state index contributed by atoms with van der Waals surface area (Å²) in [7, 11) is 1.77. The molecule has 0 fully saturated rings. The highest BCUT2D eigenvalue weighted by Gasteiger charge is 2.10. The van der Waals surface area contributed by atoms with Crippen molar-refractivity contribution in [3.05, 3.63) is 28.8 Å². The lowest BCUT2D eigenvalue weighted by atomic mass is 10.2. The Morgan fingerprint density at radius 1 is 1.44 bits per heavy atom. The number of carbonyl (C=O) groups is 2. The number of imide groups is 1. The highest BCUT2D eigenvalue weighted by Crippen LogP contribution is 2.26. The van der Waals surface area contributed by atoms with Crippen LogP contribution in [0.2, 0.25) is 5.02 Å². The summed E-state index contributed by atoms with van der Waals surface area (Å²) in [6, 6.07) is 4.22. The van der Waals surface area contributed by atoms with E-state index in [9.17, 15) is 9.59 Å². The first-order valence-electron chi connectivity index (χ1n) is 5.18. The molecule has 0 radical (unpaired) electrons. The van der Waals surface area contributed by atoms with Crippen molar-refractivity contribution in [2.75, 3.05) is 13.7 Å². The molecule has 0 bridgehead atoms. The van der Waals surface area contributed by atoms with Gasteiger partial charge in [-0.3, -0.25) is 10.1 Å². The zero-order valence-electron chi connectivity index (χ0n) is 9.83. The molecule has 3 amide bonds. The van der Waals surface area contributed by atoms with Crippen LogP contribution < -0.4 is 21.1 Å². The number of urea groups is 1. The van der Waals surface area contributed by atoms with Gasteiger partial charge in [-0.1, -0.05) is 17.7 Å². The SMILES string of the molecule is CNCc1c(Cl)cccc1OCC(=O)NC(N)=O. The third-order valence-corrected chi connectivity index (χ3v) is 2.40. The maximum atomic E-state index is 11.2. The van der Waals surface area contributed by atoms with E-state index >= 15 is 0 Å². The molecular formula is C11H14ClN3O3. The van der Waals surface area contributed by atoms with Crippen LogP contribution in [0.3, 0.4) is 0 Å². The quantitative estimate of drug-likeness (QED) is 0.732. The van der Waals surface area contributed by atoms with Crippen molar-refractivity contribution in [1.82, 2.24) is 10.6 Å². The Hall–Kier alpha value is -1.79. The minimum absolute atomic E-state index is 0.306. The molecule has 0 aliphatic rings. The summed E-state index contributed by atoms with van der Waals surface area (Å²) >= 11 is 6.01. The molecule has 0 aliphatic heterocycles. The van der Waals surface area contributed by atoms with Crippen LogP contribution in [0, 0.1) is 0 Å². The fourth-order valence-electron chi connectivity index (χ4n) is 1.34. The predicted molar refractivity (Wildman–Crippen MR) is 67.4 cm³/mol. The van der Waals surface area contributed by atoms with Crippen molar-refractivity contribution in [2.24, 2.45) is 5.73 Å². The standard InChI is InChI=1S/C11H14ClN3O3/c1-14-5-7-8(12)3-2-4-9(7)18-6-10(16)15-11(13)17/h2-4,14H,5-6H2,1H3,(H3,13,15,16,17). The van der Waals surface area contributed by atoms with E-state index in [0.29, 0.717) is 17.3 Å². The van der Waals surface area contributed by atoms with Gasteiger partial charge in [0.2, 0.25) is 0 Å². The highest BCUT2D eigenvalue weighted by molar-refractivity contribution is 6.31. The lowest BCUT2D eigenvalue weighted by Gasteiger charge is -2.12. The van der Waals surface area contributed by atoms with Gasteiger partial charge in [-0.25, -0.2) is 4.79 Å². The Morgan fingerprint density at radius 2 is 2.17 bits per heavy atom. The van der Waals surface area contributed by atoms with Gasteiger partial charge in [0.05, 0.1) is 0 Å². The minimum atomic E-state index is -0.912. The van der Waals surface area contributed by atoms with Crippen molar-refractivity contribution >= 4 is 23.5 Å². The molecule has 4 N–H and O–H groups in total. The van der Waals surface area contributed by atoms with Crippen molar-refractivity contribution in [3.8, 4) is 5.75 Å². The van der Waals surface area contributed by atoms with Gasteiger partial charge in [0.1, 0.15) is 5.75 Å². The van der Waals surface area contributed by atoms with Gasteiger partial charge in [-0.2, -0.15) is 0 Å². The second-order valence-electron chi connectivity index (χ2n) is 3.45. The van der Waals surface area contributed by atoms with Crippen LogP contribution in [0.15, 0.2) is 18.2 Å². The number of nitrogens with one attached hydrogen (secondary N) is 2. The maximum absolute atomic E-state index is 11.2. The van der Waals surface area contributed by atoms with Gasteiger partial charge in [0.25, 0.3) is 5.91 Å². The summed E-state index contributed by atoms with van der Waals surface area (Å²) < 4.78 is 5.29. The molecule has 1 aromatic rings. The normalized spacial score (nSPS) is 9.89. The molecule has 1 aromatic carbocycles. The van der Waals surface area contributed by atoms with Gasteiger partial charge in [-0.05, 0) is 19.2 Å². The van der Waals surface area contributed by atoms with Crippen LogP contribution in [-0.2, 0) is 11.3 Å². The second-order valence-corrected chi connectivity index (χ2v) is 3.86. The van der Waals surface area contributed by atoms with E-state index < -0.39 is 11.9 Å². The van der Waals surface area contributed by atoms with Gasteiger partial charge in [-0.15, -0.1) is 0 Å². The van der Waals surface area contributed by atoms with E-state index in [1.807, 2.05) is 5.32 Å². The Balaban J connectivity index is 2.69. The first-order chi connectivity index (χ1) is 8.54. The number of amides is 3. The smallest absolute Gasteiger partial charge is 0.318 e. The number of rotatable bonds is 5. The van der Waals surface area contributed by atoms with Crippen LogP contribution in [0.25, 0.3) is 0 Å². The molecule has 0 atom stereocenters. The number of carbonyl (C=O) groups excluding carboxylic acids is 2. The lowest BCUT2D eigenvalue weighted by Crippen LogP contribution is -2.38. The Kier molecular flexibility index (Phi) is 5.41. The molecule has 0 aliphatic carbocycles. The number of hydrogen-bond donors (Lipinski definition) is 3. The van der Waals surface area contributed by atoms with E-state index in [1.54, 1.807) is 25.2 Å². The molecule has 0 aromatic heterocycles. The van der Waals surface area contributed by atoms with Crippen LogP contribution in [-0.4, -0.2) is 25.6 Å². The zero-order valence-corrected chi connectivity index (χ0v) is 10.6. The van der Waals surface area contributed by atoms with Crippen molar-refractivity contribution in [1.29, 1.82) is 0 Å². The van der Waals surface area contributed by atoms with E-state index in [4.69, 9.17) is 22.1 Å². The molecule has 6 nitrogen and oxygen atoms in total. The summed E-state index contributed by atoms with van der Waals surface area (Å²) in [6.45, 7) is 0.201. The molecule has 0 heterocycles. The fourth-order valence-corrected chi connectivity index (χ4v) is 1.57. The number of benzene rings is 1. The first kappa shape index (κ1) is 14.3. The molecule has 98 valence electrons. The van der Waals surface area contributed by atoms with Crippen LogP contribution >= 0.6 is 11.6 Å².